The molecule has 0 aliphatic heterocycles. The lowest BCUT2D eigenvalue weighted by molar-refractivity contribution is -0.155. The Hall–Kier alpha value is -2.28. The summed E-state index contributed by atoms with van der Waals surface area (Å²) in [6.07, 6.45) is -3.38. The standard InChI is InChI=1S/C15H12ClF3N2O2/c1-21-7-6-10(8-12(21)22)14(23)20-13(15(17,18)19)9-2-4-11(16)5-3-9/h2-8,13H,1H3,(H,20,23)/t13-/m0/s1. The molecule has 1 atom stereocenters. The Bertz CT molecular complexity index is 770. The highest BCUT2D eigenvalue weighted by Crippen LogP contribution is 2.33. The number of carbonyl (C=O) groups excluding carboxylic acids is 1. The fourth-order valence-corrected chi connectivity index (χ4v) is 2.04. The van der Waals surface area contributed by atoms with Crippen LogP contribution in [-0.4, -0.2) is 16.7 Å². The van der Waals surface area contributed by atoms with Crippen molar-refractivity contribution in [3.05, 3.63) is 69.1 Å². The molecule has 0 saturated carbocycles. The Morgan fingerprint density at radius 1 is 1.22 bits per heavy atom. The summed E-state index contributed by atoms with van der Waals surface area (Å²) in [6.45, 7) is 0. The summed E-state index contributed by atoms with van der Waals surface area (Å²) in [4.78, 5) is 23.5. The van der Waals surface area contributed by atoms with Gasteiger partial charge in [0.2, 0.25) is 0 Å². The van der Waals surface area contributed by atoms with Crippen LogP contribution < -0.4 is 10.9 Å². The van der Waals surface area contributed by atoms with Gasteiger partial charge in [-0.05, 0) is 23.8 Å². The molecule has 122 valence electrons. The molecule has 23 heavy (non-hydrogen) atoms. The van der Waals surface area contributed by atoms with E-state index in [-0.39, 0.29) is 16.1 Å². The minimum absolute atomic E-state index is 0.142. The average molecular weight is 345 g/mol. The maximum Gasteiger partial charge on any atom is 0.412 e. The van der Waals surface area contributed by atoms with E-state index >= 15 is 0 Å². The second kappa shape index (κ2) is 6.45. The first-order valence-electron chi connectivity index (χ1n) is 6.48. The first kappa shape index (κ1) is 17.1. The summed E-state index contributed by atoms with van der Waals surface area (Å²) in [5, 5.41) is 2.19. The molecule has 4 nitrogen and oxygen atoms in total. The molecule has 0 fully saturated rings. The van der Waals surface area contributed by atoms with Crippen LogP contribution in [0.1, 0.15) is 22.0 Å². The molecule has 0 aliphatic carbocycles. The van der Waals surface area contributed by atoms with Crippen molar-refractivity contribution < 1.29 is 18.0 Å². The van der Waals surface area contributed by atoms with Crippen molar-refractivity contribution in [2.24, 2.45) is 7.05 Å². The maximum absolute atomic E-state index is 13.2. The van der Waals surface area contributed by atoms with E-state index in [2.05, 4.69) is 0 Å². The fourth-order valence-electron chi connectivity index (χ4n) is 1.91. The van der Waals surface area contributed by atoms with E-state index in [4.69, 9.17) is 11.6 Å². The second-order valence-electron chi connectivity index (χ2n) is 4.86. The number of benzene rings is 1. The molecule has 2 rings (SSSR count). The fraction of sp³-hybridized carbons (Fsp3) is 0.200. The molecular weight excluding hydrogens is 333 g/mol. The predicted molar refractivity (Wildman–Crippen MR) is 79.4 cm³/mol. The molecule has 0 spiro atoms. The van der Waals surface area contributed by atoms with E-state index in [0.717, 1.165) is 6.07 Å². The summed E-state index contributed by atoms with van der Waals surface area (Å²) in [5.41, 5.74) is -0.789. The molecule has 0 unspecified atom stereocenters. The van der Waals surface area contributed by atoms with Gasteiger partial charge < -0.3 is 9.88 Å². The summed E-state index contributed by atoms with van der Waals surface area (Å²) in [6, 6.07) is 5.03. The minimum atomic E-state index is -4.69. The van der Waals surface area contributed by atoms with Crippen LogP contribution in [0.4, 0.5) is 13.2 Å². The average Bonchev–Trinajstić information content (AvgIpc) is 2.47. The molecule has 1 aromatic carbocycles. The van der Waals surface area contributed by atoms with Gasteiger partial charge in [-0.1, -0.05) is 23.7 Å². The third-order valence-electron chi connectivity index (χ3n) is 3.17. The molecule has 1 heterocycles. The number of pyridine rings is 1. The number of hydrogen-bond donors (Lipinski definition) is 1. The minimum Gasteiger partial charge on any atom is -0.337 e. The van der Waals surface area contributed by atoms with Gasteiger partial charge in [-0.25, -0.2) is 0 Å². The predicted octanol–water partition coefficient (Wildman–Crippen LogP) is 3.07. The lowest BCUT2D eigenvalue weighted by Crippen LogP contribution is -2.38. The van der Waals surface area contributed by atoms with Crippen LogP contribution in [0.15, 0.2) is 47.4 Å². The van der Waals surface area contributed by atoms with E-state index < -0.39 is 23.7 Å². The first-order chi connectivity index (χ1) is 10.7. The van der Waals surface area contributed by atoms with Crippen molar-refractivity contribution in [2.45, 2.75) is 12.2 Å². The molecule has 2 aromatic rings. The van der Waals surface area contributed by atoms with Gasteiger partial charge in [0, 0.05) is 29.9 Å². The summed E-state index contributed by atoms with van der Waals surface area (Å²) >= 11 is 5.66. The second-order valence-corrected chi connectivity index (χ2v) is 5.30. The van der Waals surface area contributed by atoms with Crippen LogP contribution in [0.25, 0.3) is 0 Å². The van der Waals surface area contributed by atoms with Crippen molar-refractivity contribution in [3.8, 4) is 0 Å². The van der Waals surface area contributed by atoms with Gasteiger partial charge in [-0.2, -0.15) is 13.2 Å². The molecular formula is C15H12ClF3N2O2. The zero-order valence-electron chi connectivity index (χ0n) is 11.9. The molecule has 0 saturated heterocycles. The summed E-state index contributed by atoms with van der Waals surface area (Å²) in [5.74, 6) is -0.986. The highest BCUT2D eigenvalue weighted by molar-refractivity contribution is 6.30. The largest absolute Gasteiger partial charge is 0.412 e. The SMILES string of the molecule is Cn1ccc(C(=O)N[C@@H](c2ccc(Cl)cc2)C(F)(F)F)cc1=O. The lowest BCUT2D eigenvalue weighted by atomic mass is 10.1. The number of halogens is 4. The number of carbonyl (C=O) groups is 1. The van der Waals surface area contributed by atoms with Crippen molar-refractivity contribution in [3.63, 3.8) is 0 Å². The number of rotatable bonds is 3. The van der Waals surface area contributed by atoms with Gasteiger partial charge in [0.05, 0.1) is 0 Å². The number of aromatic nitrogens is 1. The molecule has 0 radical (unpaired) electrons. The maximum atomic E-state index is 13.2. The van der Waals surface area contributed by atoms with Gasteiger partial charge in [0.15, 0.2) is 6.04 Å². The van der Waals surface area contributed by atoms with Crippen LogP contribution >= 0.6 is 11.6 Å². The first-order valence-corrected chi connectivity index (χ1v) is 6.86. The third-order valence-corrected chi connectivity index (χ3v) is 3.42. The number of nitrogens with one attached hydrogen (secondary N) is 1. The van der Waals surface area contributed by atoms with E-state index in [9.17, 15) is 22.8 Å². The molecule has 1 N–H and O–H groups in total. The zero-order chi connectivity index (χ0) is 17.2. The van der Waals surface area contributed by atoms with Gasteiger partial charge in [-0.15, -0.1) is 0 Å². The van der Waals surface area contributed by atoms with Crippen molar-refractivity contribution in [2.75, 3.05) is 0 Å². The summed E-state index contributed by atoms with van der Waals surface area (Å²) < 4.78 is 40.8. The number of nitrogens with zero attached hydrogens (tertiary/aromatic N) is 1. The lowest BCUT2D eigenvalue weighted by Gasteiger charge is -2.22. The Morgan fingerprint density at radius 2 is 1.83 bits per heavy atom. The Labute approximate surface area is 134 Å². The van der Waals surface area contributed by atoms with Crippen LogP contribution in [0.3, 0.4) is 0 Å². The summed E-state index contributed by atoms with van der Waals surface area (Å²) in [7, 11) is 1.47. The van der Waals surface area contributed by atoms with Crippen LogP contribution in [0, 0.1) is 0 Å². The number of amides is 1. The van der Waals surface area contributed by atoms with Gasteiger partial charge in [0.25, 0.3) is 11.5 Å². The van der Waals surface area contributed by atoms with Crippen molar-refractivity contribution >= 4 is 17.5 Å². The van der Waals surface area contributed by atoms with E-state index in [1.165, 1.54) is 48.1 Å². The van der Waals surface area contributed by atoms with Crippen molar-refractivity contribution in [1.29, 1.82) is 0 Å². The number of alkyl halides is 3. The monoisotopic (exact) mass is 344 g/mol. The quantitative estimate of drug-likeness (QED) is 0.930. The Morgan fingerprint density at radius 3 is 2.35 bits per heavy atom. The van der Waals surface area contributed by atoms with Crippen LogP contribution in [0.2, 0.25) is 5.02 Å². The van der Waals surface area contributed by atoms with Crippen molar-refractivity contribution in [1.82, 2.24) is 9.88 Å². The van der Waals surface area contributed by atoms with Gasteiger partial charge >= 0.3 is 6.18 Å². The zero-order valence-corrected chi connectivity index (χ0v) is 12.7. The third kappa shape index (κ3) is 4.13. The molecule has 1 aromatic heterocycles. The normalized spacial score (nSPS) is 12.7. The highest BCUT2D eigenvalue weighted by Gasteiger charge is 2.42. The number of aryl methyl sites for hydroxylation is 1. The van der Waals surface area contributed by atoms with Gasteiger partial charge in [0.1, 0.15) is 0 Å². The van der Waals surface area contributed by atoms with Crippen LogP contribution in [-0.2, 0) is 7.05 Å². The Balaban J connectivity index is 2.31. The van der Waals surface area contributed by atoms with E-state index in [0.29, 0.717) is 0 Å². The smallest absolute Gasteiger partial charge is 0.337 e. The van der Waals surface area contributed by atoms with Crippen LogP contribution in [0.5, 0.6) is 0 Å². The molecule has 0 bridgehead atoms. The van der Waals surface area contributed by atoms with E-state index in [1.54, 1.807) is 0 Å². The molecule has 8 heteroatoms. The highest BCUT2D eigenvalue weighted by atomic mass is 35.5. The molecule has 1 amide bonds. The van der Waals surface area contributed by atoms with E-state index in [1.807, 2.05) is 5.32 Å². The van der Waals surface area contributed by atoms with Gasteiger partial charge in [-0.3, -0.25) is 9.59 Å². The topological polar surface area (TPSA) is 51.1 Å². The number of hydrogen-bond acceptors (Lipinski definition) is 2. The molecule has 0 aliphatic rings. The Kier molecular flexibility index (Phi) is 4.79.